The van der Waals surface area contributed by atoms with Crippen LogP contribution < -0.4 is 0 Å². The standard InChI is InChI=1S/C25H30N2O2/c1-6-23(26-14-16-27(17-15-26)24(28)29-25(3,4)5)21-12-9-11-20(18-21)22-13-8-7-10-19(22)2/h1,7-13,18,23H,14-17H2,2-5H3. The number of carbonyl (C=O) groups is 1. The van der Waals surface area contributed by atoms with Gasteiger partial charge in [-0.25, -0.2) is 4.79 Å². The summed E-state index contributed by atoms with van der Waals surface area (Å²) in [6.45, 7) is 10.5. The third-order valence-corrected chi connectivity index (χ3v) is 5.15. The van der Waals surface area contributed by atoms with Crippen LogP contribution in [0.25, 0.3) is 11.1 Å². The predicted molar refractivity (Wildman–Crippen MR) is 118 cm³/mol. The molecule has 1 atom stereocenters. The molecule has 0 bridgehead atoms. The number of amides is 1. The van der Waals surface area contributed by atoms with Crippen molar-refractivity contribution < 1.29 is 9.53 Å². The van der Waals surface area contributed by atoms with E-state index in [9.17, 15) is 4.79 Å². The molecule has 1 amide bonds. The van der Waals surface area contributed by atoms with Crippen LogP contribution in [0.3, 0.4) is 0 Å². The van der Waals surface area contributed by atoms with Gasteiger partial charge in [0.15, 0.2) is 0 Å². The highest BCUT2D eigenvalue weighted by Crippen LogP contribution is 2.28. The number of piperazine rings is 1. The number of aryl methyl sites for hydroxylation is 1. The lowest BCUT2D eigenvalue weighted by molar-refractivity contribution is 0.0125. The van der Waals surface area contributed by atoms with E-state index in [1.54, 1.807) is 4.90 Å². The zero-order chi connectivity index (χ0) is 21.0. The maximum absolute atomic E-state index is 12.3. The minimum Gasteiger partial charge on any atom is -0.444 e. The second-order valence-electron chi connectivity index (χ2n) is 8.51. The highest BCUT2D eigenvalue weighted by molar-refractivity contribution is 5.69. The first-order chi connectivity index (χ1) is 13.8. The van der Waals surface area contributed by atoms with Crippen LogP contribution >= 0.6 is 0 Å². The Morgan fingerprint density at radius 3 is 2.38 bits per heavy atom. The smallest absolute Gasteiger partial charge is 0.410 e. The summed E-state index contributed by atoms with van der Waals surface area (Å²) >= 11 is 0. The Kier molecular flexibility index (Phi) is 6.30. The van der Waals surface area contributed by atoms with Gasteiger partial charge in [0.05, 0.1) is 6.04 Å². The molecule has 1 fully saturated rings. The number of terminal acetylenes is 1. The molecule has 4 nitrogen and oxygen atoms in total. The summed E-state index contributed by atoms with van der Waals surface area (Å²) in [6, 6.07) is 16.7. The van der Waals surface area contributed by atoms with Gasteiger partial charge in [0, 0.05) is 26.2 Å². The summed E-state index contributed by atoms with van der Waals surface area (Å²) in [6.07, 6.45) is 5.68. The zero-order valence-corrected chi connectivity index (χ0v) is 17.8. The van der Waals surface area contributed by atoms with Gasteiger partial charge in [0.25, 0.3) is 0 Å². The summed E-state index contributed by atoms with van der Waals surface area (Å²) < 4.78 is 5.49. The molecule has 4 heteroatoms. The summed E-state index contributed by atoms with van der Waals surface area (Å²) in [4.78, 5) is 16.3. The first kappa shape index (κ1) is 21.0. The Hall–Kier alpha value is -2.77. The van der Waals surface area contributed by atoms with Crippen molar-refractivity contribution >= 4 is 6.09 Å². The minimum absolute atomic E-state index is 0.111. The first-order valence-corrected chi connectivity index (χ1v) is 10.1. The summed E-state index contributed by atoms with van der Waals surface area (Å²) in [7, 11) is 0. The molecule has 1 heterocycles. The van der Waals surface area contributed by atoms with Crippen LogP contribution in [0, 0.1) is 19.3 Å². The molecule has 0 aliphatic carbocycles. The van der Waals surface area contributed by atoms with Gasteiger partial charge in [-0.3, -0.25) is 4.90 Å². The van der Waals surface area contributed by atoms with Crippen LogP contribution in [0.4, 0.5) is 4.79 Å². The maximum Gasteiger partial charge on any atom is 0.410 e. The minimum atomic E-state index is -0.481. The number of benzene rings is 2. The SMILES string of the molecule is C#CC(c1cccc(-c2ccccc2C)c1)N1CCN(C(=O)OC(C)(C)C)CC1. The third kappa shape index (κ3) is 5.19. The van der Waals surface area contributed by atoms with Crippen LogP contribution in [0.15, 0.2) is 48.5 Å². The predicted octanol–water partition coefficient (Wildman–Crippen LogP) is 4.89. The molecule has 152 valence electrons. The van der Waals surface area contributed by atoms with Gasteiger partial charge in [-0.05, 0) is 56.0 Å². The molecule has 1 saturated heterocycles. The van der Waals surface area contributed by atoms with E-state index in [0.717, 1.165) is 18.7 Å². The topological polar surface area (TPSA) is 32.8 Å². The van der Waals surface area contributed by atoms with E-state index < -0.39 is 5.60 Å². The molecule has 0 N–H and O–H groups in total. The van der Waals surface area contributed by atoms with Crippen molar-refractivity contribution in [3.05, 3.63) is 59.7 Å². The van der Waals surface area contributed by atoms with Crippen molar-refractivity contribution in [2.45, 2.75) is 39.3 Å². The average Bonchev–Trinajstić information content (AvgIpc) is 2.68. The summed E-state index contributed by atoms with van der Waals surface area (Å²) in [5.74, 6) is 2.95. The van der Waals surface area contributed by atoms with Gasteiger partial charge >= 0.3 is 6.09 Å². The van der Waals surface area contributed by atoms with E-state index in [-0.39, 0.29) is 12.1 Å². The number of hydrogen-bond donors (Lipinski definition) is 0. The molecule has 2 aromatic carbocycles. The van der Waals surface area contributed by atoms with Crippen molar-refractivity contribution in [3.8, 4) is 23.5 Å². The quantitative estimate of drug-likeness (QED) is 0.700. The lowest BCUT2D eigenvalue weighted by Gasteiger charge is -2.38. The Labute approximate surface area is 174 Å². The largest absolute Gasteiger partial charge is 0.444 e. The van der Waals surface area contributed by atoms with Crippen molar-refractivity contribution in [3.63, 3.8) is 0 Å². The van der Waals surface area contributed by atoms with E-state index in [1.165, 1.54) is 16.7 Å². The van der Waals surface area contributed by atoms with E-state index in [2.05, 4.69) is 66.3 Å². The second-order valence-corrected chi connectivity index (χ2v) is 8.51. The van der Waals surface area contributed by atoms with Crippen LogP contribution in [0.2, 0.25) is 0 Å². The van der Waals surface area contributed by atoms with E-state index in [0.29, 0.717) is 13.1 Å². The second kappa shape index (κ2) is 8.71. The highest BCUT2D eigenvalue weighted by Gasteiger charge is 2.29. The number of nitrogens with zero attached hydrogens (tertiary/aromatic N) is 2. The van der Waals surface area contributed by atoms with Gasteiger partial charge in [-0.15, -0.1) is 6.42 Å². The Morgan fingerprint density at radius 1 is 1.07 bits per heavy atom. The molecule has 2 aromatic rings. The highest BCUT2D eigenvalue weighted by atomic mass is 16.6. The van der Waals surface area contributed by atoms with Crippen LogP contribution in [0.5, 0.6) is 0 Å². The van der Waals surface area contributed by atoms with Gasteiger partial charge in [0.2, 0.25) is 0 Å². The Bertz CT molecular complexity index is 900. The zero-order valence-electron chi connectivity index (χ0n) is 17.8. The molecule has 1 aliphatic rings. The van der Waals surface area contributed by atoms with Gasteiger partial charge in [-0.2, -0.15) is 0 Å². The molecular weight excluding hydrogens is 360 g/mol. The summed E-state index contributed by atoms with van der Waals surface area (Å²) in [5, 5.41) is 0. The fourth-order valence-electron chi connectivity index (χ4n) is 3.67. The number of hydrogen-bond acceptors (Lipinski definition) is 3. The maximum atomic E-state index is 12.3. The Balaban J connectivity index is 1.72. The fraction of sp³-hybridized carbons (Fsp3) is 0.400. The monoisotopic (exact) mass is 390 g/mol. The normalized spacial score (nSPS) is 16.2. The molecule has 0 radical (unpaired) electrons. The molecule has 0 spiro atoms. The Morgan fingerprint density at radius 2 is 1.76 bits per heavy atom. The lowest BCUT2D eigenvalue weighted by atomic mass is 9.96. The van der Waals surface area contributed by atoms with Crippen LogP contribution in [-0.2, 0) is 4.74 Å². The fourth-order valence-corrected chi connectivity index (χ4v) is 3.67. The first-order valence-electron chi connectivity index (χ1n) is 10.1. The number of carbonyl (C=O) groups excluding carboxylic acids is 1. The van der Waals surface area contributed by atoms with Gasteiger partial charge in [-0.1, -0.05) is 48.4 Å². The van der Waals surface area contributed by atoms with Crippen molar-refractivity contribution in [2.75, 3.05) is 26.2 Å². The van der Waals surface area contributed by atoms with Gasteiger partial charge < -0.3 is 9.64 Å². The van der Waals surface area contributed by atoms with E-state index in [1.807, 2.05) is 20.8 Å². The molecule has 0 saturated carbocycles. The number of rotatable bonds is 3. The molecular formula is C25H30N2O2. The molecule has 1 unspecified atom stereocenters. The molecule has 29 heavy (non-hydrogen) atoms. The average molecular weight is 391 g/mol. The van der Waals surface area contributed by atoms with Crippen LogP contribution in [-0.4, -0.2) is 47.7 Å². The van der Waals surface area contributed by atoms with Gasteiger partial charge in [0.1, 0.15) is 5.60 Å². The van der Waals surface area contributed by atoms with E-state index in [4.69, 9.17) is 11.2 Å². The van der Waals surface area contributed by atoms with Crippen molar-refractivity contribution in [1.82, 2.24) is 9.80 Å². The molecule has 1 aliphatic heterocycles. The third-order valence-electron chi connectivity index (χ3n) is 5.15. The number of ether oxygens (including phenoxy) is 1. The molecule has 3 rings (SSSR count). The summed E-state index contributed by atoms with van der Waals surface area (Å²) in [5.41, 5.74) is 4.27. The van der Waals surface area contributed by atoms with E-state index >= 15 is 0 Å². The molecule has 0 aromatic heterocycles. The van der Waals surface area contributed by atoms with Crippen LogP contribution in [0.1, 0.15) is 37.9 Å². The van der Waals surface area contributed by atoms with Crippen molar-refractivity contribution in [1.29, 1.82) is 0 Å². The lowest BCUT2D eigenvalue weighted by Crippen LogP contribution is -2.50. The van der Waals surface area contributed by atoms with Crippen molar-refractivity contribution in [2.24, 2.45) is 0 Å².